The third kappa shape index (κ3) is 2.98. The summed E-state index contributed by atoms with van der Waals surface area (Å²) >= 11 is 0. The van der Waals surface area contributed by atoms with Crippen molar-refractivity contribution in [1.82, 2.24) is 10.2 Å². The fourth-order valence-corrected chi connectivity index (χ4v) is 2.88. The van der Waals surface area contributed by atoms with E-state index in [4.69, 9.17) is 5.73 Å². The average Bonchev–Trinajstić information content (AvgIpc) is 2.74. The Kier molecular flexibility index (Phi) is 4.53. The molecule has 23 heavy (non-hydrogen) atoms. The first-order valence-electron chi connectivity index (χ1n) is 8.17. The number of aryl methyl sites for hydroxylation is 2. The van der Waals surface area contributed by atoms with Crippen molar-refractivity contribution in [3.05, 3.63) is 34.9 Å². The molecule has 3 amide bonds. The summed E-state index contributed by atoms with van der Waals surface area (Å²) in [6.45, 7) is 9.97. The lowest BCUT2D eigenvalue weighted by molar-refractivity contribution is -0.131. The van der Waals surface area contributed by atoms with Gasteiger partial charge < -0.3 is 11.1 Å². The number of benzene rings is 1. The molecule has 1 aliphatic rings. The second-order valence-electron chi connectivity index (χ2n) is 6.81. The quantitative estimate of drug-likeness (QED) is 0.820. The lowest BCUT2D eigenvalue weighted by atomic mass is 9.89. The Morgan fingerprint density at radius 3 is 2.30 bits per heavy atom. The molecule has 0 saturated carbocycles. The van der Waals surface area contributed by atoms with Crippen LogP contribution in [-0.2, 0) is 10.3 Å². The molecule has 5 heteroatoms. The summed E-state index contributed by atoms with van der Waals surface area (Å²) in [5, 5.41) is 2.85. The SMILES string of the molecule is CCC(N)(CC)CN1C(=O)NC(C)(c2ccc(C)c(C)c2)C1=O. The van der Waals surface area contributed by atoms with E-state index in [1.807, 2.05) is 45.9 Å². The van der Waals surface area contributed by atoms with Gasteiger partial charge in [0, 0.05) is 12.1 Å². The highest BCUT2D eigenvalue weighted by Crippen LogP contribution is 2.31. The zero-order chi connectivity index (χ0) is 17.4. The van der Waals surface area contributed by atoms with E-state index >= 15 is 0 Å². The van der Waals surface area contributed by atoms with Gasteiger partial charge in [0.15, 0.2) is 0 Å². The van der Waals surface area contributed by atoms with Gasteiger partial charge in [-0.05, 0) is 50.3 Å². The van der Waals surface area contributed by atoms with E-state index in [1.165, 1.54) is 4.90 Å². The minimum Gasteiger partial charge on any atom is -0.324 e. The number of imide groups is 1. The zero-order valence-corrected chi connectivity index (χ0v) is 14.7. The standard InChI is InChI=1S/C18H27N3O2/c1-6-18(19,7-2)11-21-15(22)17(5,20-16(21)23)14-9-8-12(3)13(4)10-14/h8-10H,6-7,11,19H2,1-5H3,(H,20,23). The summed E-state index contributed by atoms with van der Waals surface area (Å²) in [7, 11) is 0. The molecule has 0 radical (unpaired) electrons. The van der Waals surface area contributed by atoms with E-state index in [2.05, 4.69) is 5.32 Å². The molecular weight excluding hydrogens is 290 g/mol. The Hall–Kier alpha value is -1.88. The molecule has 1 heterocycles. The summed E-state index contributed by atoms with van der Waals surface area (Å²) in [6.07, 6.45) is 1.42. The lowest BCUT2D eigenvalue weighted by Crippen LogP contribution is -2.51. The van der Waals surface area contributed by atoms with Crippen LogP contribution in [0.25, 0.3) is 0 Å². The van der Waals surface area contributed by atoms with Crippen LogP contribution in [0.4, 0.5) is 4.79 Å². The molecule has 0 aliphatic carbocycles. The van der Waals surface area contributed by atoms with Gasteiger partial charge in [-0.15, -0.1) is 0 Å². The lowest BCUT2D eigenvalue weighted by Gasteiger charge is -2.31. The molecule has 0 bridgehead atoms. The Morgan fingerprint density at radius 1 is 1.17 bits per heavy atom. The fourth-order valence-electron chi connectivity index (χ4n) is 2.88. The van der Waals surface area contributed by atoms with Gasteiger partial charge in [0.25, 0.3) is 5.91 Å². The van der Waals surface area contributed by atoms with Crippen molar-refractivity contribution >= 4 is 11.9 Å². The van der Waals surface area contributed by atoms with Crippen LogP contribution in [0.2, 0.25) is 0 Å². The molecule has 1 atom stereocenters. The van der Waals surface area contributed by atoms with Crippen molar-refractivity contribution < 1.29 is 9.59 Å². The van der Waals surface area contributed by atoms with Crippen LogP contribution in [0.1, 0.15) is 50.3 Å². The first-order valence-corrected chi connectivity index (χ1v) is 8.17. The highest BCUT2D eigenvalue weighted by Gasteiger charge is 2.50. The number of hydrogen-bond donors (Lipinski definition) is 2. The molecule has 0 spiro atoms. The number of hydrogen-bond acceptors (Lipinski definition) is 3. The van der Waals surface area contributed by atoms with Crippen molar-refractivity contribution in [2.45, 2.75) is 58.5 Å². The van der Waals surface area contributed by atoms with Crippen molar-refractivity contribution in [1.29, 1.82) is 0 Å². The topological polar surface area (TPSA) is 75.4 Å². The second-order valence-corrected chi connectivity index (χ2v) is 6.81. The van der Waals surface area contributed by atoms with E-state index < -0.39 is 11.1 Å². The molecule has 5 nitrogen and oxygen atoms in total. The summed E-state index contributed by atoms with van der Waals surface area (Å²) in [5.74, 6) is -0.234. The van der Waals surface area contributed by atoms with Crippen LogP contribution in [-0.4, -0.2) is 28.9 Å². The molecule has 1 aromatic carbocycles. The Labute approximate surface area is 138 Å². The van der Waals surface area contributed by atoms with Crippen LogP contribution in [0, 0.1) is 13.8 Å². The average molecular weight is 317 g/mol. The van der Waals surface area contributed by atoms with Gasteiger partial charge in [0.2, 0.25) is 0 Å². The number of urea groups is 1. The maximum Gasteiger partial charge on any atom is 0.325 e. The molecule has 1 aliphatic heterocycles. The van der Waals surface area contributed by atoms with Crippen LogP contribution >= 0.6 is 0 Å². The molecule has 0 aromatic heterocycles. The van der Waals surface area contributed by atoms with Crippen molar-refractivity contribution in [2.75, 3.05) is 6.54 Å². The predicted octanol–water partition coefficient (Wildman–Crippen LogP) is 2.59. The smallest absolute Gasteiger partial charge is 0.324 e. The van der Waals surface area contributed by atoms with Gasteiger partial charge in [-0.25, -0.2) is 4.79 Å². The van der Waals surface area contributed by atoms with Crippen LogP contribution in [0.5, 0.6) is 0 Å². The van der Waals surface area contributed by atoms with Gasteiger partial charge in [-0.1, -0.05) is 32.0 Å². The van der Waals surface area contributed by atoms with Crippen molar-refractivity contribution in [3.8, 4) is 0 Å². The Morgan fingerprint density at radius 2 is 1.78 bits per heavy atom. The maximum absolute atomic E-state index is 12.9. The van der Waals surface area contributed by atoms with E-state index in [1.54, 1.807) is 6.92 Å². The number of nitrogens with zero attached hydrogens (tertiary/aromatic N) is 1. The molecule has 126 valence electrons. The van der Waals surface area contributed by atoms with E-state index in [-0.39, 0.29) is 18.5 Å². The number of amides is 3. The second kappa shape index (κ2) is 5.96. The molecule has 1 fully saturated rings. The minimum atomic E-state index is -1.03. The highest BCUT2D eigenvalue weighted by atomic mass is 16.2. The normalized spacial score (nSPS) is 21.7. The van der Waals surface area contributed by atoms with Gasteiger partial charge >= 0.3 is 6.03 Å². The van der Waals surface area contributed by atoms with Gasteiger partial charge in [0.1, 0.15) is 5.54 Å². The van der Waals surface area contributed by atoms with Gasteiger partial charge in [0.05, 0.1) is 0 Å². The van der Waals surface area contributed by atoms with E-state index in [0.29, 0.717) is 12.8 Å². The van der Waals surface area contributed by atoms with Crippen molar-refractivity contribution in [3.63, 3.8) is 0 Å². The Bertz CT molecular complexity index is 637. The first-order chi connectivity index (χ1) is 10.7. The number of rotatable bonds is 5. The third-order valence-corrected chi connectivity index (χ3v) is 5.24. The Balaban J connectivity index is 2.34. The number of carbonyl (C=O) groups is 2. The monoisotopic (exact) mass is 317 g/mol. The highest BCUT2D eigenvalue weighted by molar-refractivity contribution is 6.07. The molecule has 1 aromatic rings. The molecule has 3 N–H and O–H groups in total. The fraction of sp³-hybridized carbons (Fsp3) is 0.556. The summed E-state index contributed by atoms with van der Waals surface area (Å²) in [5.41, 5.74) is 7.78. The number of nitrogens with one attached hydrogen (secondary N) is 1. The summed E-state index contributed by atoms with van der Waals surface area (Å²) < 4.78 is 0. The van der Waals surface area contributed by atoms with Crippen LogP contribution in [0.15, 0.2) is 18.2 Å². The third-order valence-electron chi connectivity index (χ3n) is 5.24. The number of nitrogens with two attached hydrogens (primary N) is 1. The maximum atomic E-state index is 12.9. The van der Waals surface area contributed by atoms with Crippen LogP contribution in [0.3, 0.4) is 0 Å². The predicted molar refractivity (Wildman–Crippen MR) is 91.0 cm³/mol. The summed E-state index contributed by atoms with van der Waals surface area (Å²) in [6, 6.07) is 5.47. The van der Waals surface area contributed by atoms with Crippen molar-refractivity contribution in [2.24, 2.45) is 5.73 Å². The number of carbonyl (C=O) groups excluding carboxylic acids is 2. The largest absolute Gasteiger partial charge is 0.325 e. The molecule has 1 unspecified atom stereocenters. The zero-order valence-electron chi connectivity index (χ0n) is 14.7. The summed E-state index contributed by atoms with van der Waals surface area (Å²) in [4.78, 5) is 26.6. The van der Waals surface area contributed by atoms with E-state index in [0.717, 1.165) is 16.7 Å². The molecule has 2 rings (SSSR count). The first kappa shape index (κ1) is 17.5. The molecule has 1 saturated heterocycles. The molecular formula is C18H27N3O2. The van der Waals surface area contributed by atoms with Gasteiger partial charge in [-0.3, -0.25) is 9.69 Å². The van der Waals surface area contributed by atoms with E-state index in [9.17, 15) is 9.59 Å². The van der Waals surface area contributed by atoms with Crippen LogP contribution < -0.4 is 11.1 Å². The minimum absolute atomic E-state index is 0.234. The van der Waals surface area contributed by atoms with Gasteiger partial charge in [-0.2, -0.15) is 0 Å².